The molecule has 0 aromatic heterocycles. The largest absolute Gasteiger partial charge is 0.494 e. The summed E-state index contributed by atoms with van der Waals surface area (Å²) >= 11 is 0. The van der Waals surface area contributed by atoms with Crippen molar-refractivity contribution in [2.24, 2.45) is 5.92 Å². The summed E-state index contributed by atoms with van der Waals surface area (Å²) in [7, 11) is 0. The number of ether oxygens (including phenoxy) is 2. The minimum Gasteiger partial charge on any atom is -0.494 e. The van der Waals surface area contributed by atoms with Crippen molar-refractivity contribution >= 4 is 11.6 Å². The van der Waals surface area contributed by atoms with Gasteiger partial charge in [0, 0.05) is 23.4 Å². The highest BCUT2D eigenvalue weighted by molar-refractivity contribution is 6.04. The zero-order chi connectivity index (χ0) is 19.1. The van der Waals surface area contributed by atoms with Crippen molar-refractivity contribution in [3.05, 3.63) is 58.7 Å². The molecule has 1 N–H and O–H groups in total. The molecule has 2 aromatic rings. The van der Waals surface area contributed by atoms with Gasteiger partial charge in [0.2, 0.25) is 0 Å². The van der Waals surface area contributed by atoms with Gasteiger partial charge in [-0.15, -0.1) is 0 Å². The van der Waals surface area contributed by atoms with Gasteiger partial charge in [0.25, 0.3) is 5.91 Å². The van der Waals surface area contributed by atoms with E-state index in [-0.39, 0.29) is 5.91 Å². The van der Waals surface area contributed by atoms with Crippen molar-refractivity contribution in [3.8, 4) is 5.75 Å². The molecule has 0 bridgehead atoms. The van der Waals surface area contributed by atoms with Crippen molar-refractivity contribution < 1.29 is 14.3 Å². The van der Waals surface area contributed by atoms with Crippen molar-refractivity contribution in [2.45, 2.75) is 41.2 Å². The van der Waals surface area contributed by atoms with Gasteiger partial charge in [-0.3, -0.25) is 4.79 Å². The lowest BCUT2D eigenvalue weighted by Gasteiger charge is -2.14. The van der Waals surface area contributed by atoms with Crippen LogP contribution >= 0.6 is 0 Å². The summed E-state index contributed by atoms with van der Waals surface area (Å²) in [6.07, 6.45) is 0. The normalized spacial score (nSPS) is 10.8. The molecule has 0 spiro atoms. The Kier molecular flexibility index (Phi) is 7.22. The Labute approximate surface area is 156 Å². The van der Waals surface area contributed by atoms with E-state index in [1.165, 1.54) is 5.56 Å². The summed E-state index contributed by atoms with van der Waals surface area (Å²) in [5.74, 6) is 1.09. The number of aryl methyl sites for hydroxylation is 2. The van der Waals surface area contributed by atoms with Gasteiger partial charge in [0.1, 0.15) is 5.75 Å². The Bertz CT molecular complexity index is 753. The van der Waals surface area contributed by atoms with E-state index in [1.54, 1.807) is 6.07 Å². The maximum atomic E-state index is 12.6. The molecule has 0 aliphatic rings. The number of amides is 1. The minimum absolute atomic E-state index is 0.138. The molecular weight excluding hydrogens is 326 g/mol. The number of carbonyl (C=O) groups excluding carboxylic acids is 1. The first-order valence-corrected chi connectivity index (χ1v) is 9.12. The highest BCUT2D eigenvalue weighted by Crippen LogP contribution is 2.23. The highest BCUT2D eigenvalue weighted by atomic mass is 16.5. The predicted octanol–water partition coefficient (Wildman–Crippen LogP) is 5.13. The van der Waals surface area contributed by atoms with Crippen LogP contribution in [-0.4, -0.2) is 19.1 Å². The average molecular weight is 355 g/mol. The van der Waals surface area contributed by atoms with E-state index in [0.717, 1.165) is 22.6 Å². The lowest BCUT2D eigenvalue weighted by molar-refractivity contribution is 0.0948. The van der Waals surface area contributed by atoms with Crippen LogP contribution in [0.15, 0.2) is 36.4 Å². The maximum Gasteiger partial charge on any atom is 0.255 e. The van der Waals surface area contributed by atoms with Gasteiger partial charge < -0.3 is 14.8 Å². The first-order valence-electron chi connectivity index (χ1n) is 9.12. The van der Waals surface area contributed by atoms with E-state index >= 15 is 0 Å². The van der Waals surface area contributed by atoms with E-state index < -0.39 is 0 Å². The Morgan fingerprint density at radius 2 is 1.85 bits per heavy atom. The quantitative estimate of drug-likeness (QED) is 0.714. The number of hydrogen-bond donors (Lipinski definition) is 1. The fourth-order valence-electron chi connectivity index (χ4n) is 2.56. The second-order valence-corrected chi connectivity index (χ2v) is 6.92. The molecule has 0 aliphatic heterocycles. The summed E-state index contributed by atoms with van der Waals surface area (Å²) < 4.78 is 11.4. The molecule has 0 unspecified atom stereocenters. The molecule has 140 valence electrons. The smallest absolute Gasteiger partial charge is 0.255 e. The number of anilines is 1. The molecule has 0 atom stereocenters. The lowest BCUT2D eigenvalue weighted by atomic mass is 10.1. The number of benzene rings is 2. The molecular formula is C22H29NO3. The zero-order valence-corrected chi connectivity index (χ0v) is 16.4. The van der Waals surface area contributed by atoms with Gasteiger partial charge in [0.05, 0.1) is 13.2 Å². The third-order valence-corrected chi connectivity index (χ3v) is 4.10. The first-order chi connectivity index (χ1) is 12.4. The highest BCUT2D eigenvalue weighted by Gasteiger charge is 2.12. The molecule has 0 saturated carbocycles. The monoisotopic (exact) mass is 355 g/mol. The van der Waals surface area contributed by atoms with E-state index in [2.05, 4.69) is 26.1 Å². The summed E-state index contributed by atoms with van der Waals surface area (Å²) in [5, 5.41) is 2.96. The van der Waals surface area contributed by atoms with Crippen LogP contribution in [0.1, 0.15) is 47.8 Å². The number of nitrogens with one attached hydrogen (secondary N) is 1. The molecule has 2 rings (SSSR count). The van der Waals surface area contributed by atoms with Crippen LogP contribution in [0.3, 0.4) is 0 Å². The molecule has 0 saturated heterocycles. The van der Waals surface area contributed by atoms with Crippen molar-refractivity contribution in [3.63, 3.8) is 0 Å². The Hall–Kier alpha value is -2.33. The molecule has 1 amide bonds. The molecule has 26 heavy (non-hydrogen) atoms. The molecule has 4 nitrogen and oxygen atoms in total. The topological polar surface area (TPSA) is 47.6 Å². The van der Waals surface area contributed by atoms with Crippen LogP contribution in [0.4, 0.5) is 5.69 Å². The Morgan fingerprint density at radius 3 is 2.50 bits per heavy atom. The van der Waals surface area contributed by atoms with Crippen LogP contribution in [-0.2, 0) is 11.3 Å². The lowest BCUT2D eigenvalue weighted by Crippen LogP contribution is -2.13. The van der Waals surface area contributed by atoms with Crippen molar-refractivity contribution in [1.82, 2.24) is 0 Å². The van der Waals surface area contributed by atoms with Gasteiger partial charge in [-0.1, -0.05) is 19.9 Å². The van der Waals surface area contributed by atoms with Gasteiger partial charge in [-0.25, -0.2) is 0 Å². The summed E-state index contributed by atoms with van der Waals surface area (Å²) in [4.78, 5) is 12.6. The van der Waals surface area contributed by atoms with Crippen LogP contribution in [0, 0.1) is 19.8 Å². The standard InChI is InChI=1S/C22H29NO3/c1-6-26-21-10-8-18(12-19(21)14-25-13-15(2)3)22(24)23-20-9-7-16(4)17(5)11-20/h7-12,15H,6,13-14H2,1-5H3,(H,23,24). The fourth-order valence-corrected chi connectivity index (χ4v) is 2.56. The Balaban J connectivity index is 2.16. The fraction of sp³-hybridized carbons (Fsp3) is 0.409. The second-order valence-electron chi connectivity index (χ2n) is 6.92. The Morgan fingerprint density at radius 1 is 1.08 bits per heavy atom. The van der Waals surface area contributed by atoms with E-state index in [0.29, 0.717) is 31.3 Å². The number of carbonyl (C=O) groups is 1. The number of hydrogen-bond acceptors (Lipinski definition) is 3. The van der Waals surface area contributed by atoms with E-state index in [9.17, 15) is 4.79 Å². The SMILES string of the molecule is CCOc1ccc(C(=O)Nc2ccc(C)c(C)c2)cc1COCC(C)C. The van der Waals surface area contributed by atoms with Gasteiger partial charge in [-0.05, 0) is 68.1 Å². The van der Waals surface area contributed by atoms with Crippen molar-refractivity contribution in [2.75, 3.05) is 18.5 Å². The predicted molar refractivity (Wildman–Crippen MR) is 106 cm³/mol. The minimum atomic E-state index is -0.138. The maximum absolute atomic E-state index is 12.6. The summed E-state index contributed by atoms with van der Waals surface area (Å²) in [5.41, 5.74) is 4.63. The molecule has 0 aliphatic carbocycles. The van der Waals surface area contributed by atoms with Crippen LogP contribution in [0.2, 0.25) is 0 Å². The van der Waals surface area contributed by atoms with Crippen LogP contribution in [0.5, 0.6) is 5.75 Å². The molecule has 2 aromatic carbocycles. The average Bonchev–Trinajstić information content (AvgIpc) is 2.59. The van der Waals surface area contributed by atoms with Crippen LogP contribution in [0.25, 0.3) is 0 Å². The van der Waals surface area contributed by atoms with Crippen molar-refractivity contribution in [1.29, 1.82) is 0 Å². The van der Waals surface area contributed by atoms with Gasteiger partial charge >= 0.3 is 0 Å². The second kappa shape index (κ2) is 9.39. The molecule has 0 heterocycles. The number of rotatable bonds is 8. The van der Waals surface area contributed by atoms with E-state index in [4.69, 9.17) is 9.47 Å². The summed E-state index contributed by atoms with van der Waals surface area (Å²) in [6, 6.07) is 11.4. The molecule has 4 heteroatoms. The zero-order valence-electron chi connectivity index (χ0n) is 16.4. The third kappa shape index (κ3) is 5.60. The van der Waals surface area contributed by atoms with Gasteiger partial charge in [0.15, 0.2) is 0 Å². The molecule has 0 fully saturated rings. The van der Waals surface area contributed by atoms with Crippen LogP contribution < -0.4 is 10.1 Å². The summed E-state index contributed by atoms with van der Waals surface area (Å²) in [6.45, 7) is 11.9. The van der Waals surface area contributed by atoms with Gasteiger partial charge in [-0.2, -0.15) is 0 Å². The molecule has 0 radical (unpaired) electrons. The first kappa shape index (κ1) is 20.0. The van der Waals surface area contributed by atoms with E-state index in [1.807, 2.05) is 44.2 Å². The third-order valence-electron chi connectivity index (χ3n) is 4.10.